The van der Waals surface area contributed by atoms with Crippen LogP contribution in [0.4, 0.5) is 0 Å². The third-order valence-corrected chi connectivity index (χ3v) is 4.54. The highest BCUT2D eigenvalue weighted by Crippen LogP contribution is 2.21. The number of hydrogen-bond donors (Lipinski definition) is 0. The summed E-state index contributed by atoms with van der Waals surface area (Å²) in [4.78, 5) is 41.4. The molecule has 0 aliphatic rings. The van der Waals surface area contributed by atoms with Crippen molar-refractivity contribution in [3.8, 4) is 0 Å². The minimum atomic E-state index is -0.569. The molecule has 8 nitrogen and oxygen atoms in total. The van der Waals surface area contributed by atoms with Gasteiger partial charge in [0.15, 0.2) is 0 Å². The third kappa shape index (κ3) is 5.86. The van der Waals surface area contributed by atoms with Gasteiger partial charge >= 0.3 is 11.9 Å². The molecule has 0 fully saturated rings. The molecule has 27 heavy (non-hydrogen) atoms. The maximum absolute atomic E-state index is 12.7. The molecule has 0 amide bonds. The molecule has 0 bridgehead atoms. The van der Waals surface area contributed by atoms with Crippen LogP contribution in [0.1, 0.15) is 43.5 Å². The highest BCUT2D eigenvalue weighted by atomic mass is 32.1. The van der Waals surface area contributed by atoms with Crippen LogP contribution in [-0.4, -0.2) is 47.9 Å². The second kappa shape index (κ2) is 10.8. The van der Waals surface area contributed by atoms with Crippen molar-refractivity contribution in [2.24, 2.45) is 0 Å². The lowest BCUT2D eigenvalue weighted by molar-refractivity contribution is -0.146. The summed E-state index contributed by atoms with van der Waals surface area (Å²) in [5.74, 6) is -1.12. The Bertz CT molecular complexity index is 829. The van der Waals surface area contributed by atoms with E-state index in [1.807, 2.05) is 13.8 Å². The third-order valence-electron chi connectivity index (χ3n) is 3.65. The number of nitrogens with zero attached hydrogens (tertiary/aromatic N) is 2. The van der Waals surface area contributed by atoms with Crippen molar-refractivity contribution in [3.05, 3.63) is 27.6 Å². The second-order valence-electron chi connectivity index (χ2n) is 5.83. The molecular formula is C18H24N2O6S. The van der Waals surface area contributed by atoms with Gasteiger partial charge in [-0.1, -0.05) is 20.3 Å². The van der Waals surface area contributed by atoms with Gasteiger partial charge in [0.1, 0.15) is 18.0 Å². The fraction of sp³-hybridized carbons (Fsp3) is 0.556. The summed E-state index contributed by atoms with van der Waals surface area (Å²) < 4.78 is 16.6. The van der Waals surface area contributed by atoms with E-state index in [4.69, 9.17) is 14.2 Å². The smallest absolute Gasteiger partial charge is 0.339 e. The van der Waals surface area contributed by atoms with Gasteiger partial charge in [-0.2, -0.15) is 0 Å². The molecule has 148 valence electrons. The first-order chi connectivity index (χ1) is 13.1. The summed E-state index contributed by atoms with van der Waals surface area (Å²) in [7, 11) is 0. The van der Waals surface area contributed by atoms with E-state index >= 15 is 0 Å². The van der Waals surface area contributed by atoms with Crippen molar-refractivity contribution in [1.29, 1.82) is 0 Å². The molecular weight excluding hydrogens is 372 g/mol. The van der Waals surface area contributed by atoms with Crippen LogP contribution in [0.15, 0.2) is 16.5 Å². The number of carbonyl (C=O) groups excluding carboxylic acids is 2. The van der Waals surface area contributed by atoms with E-state index in [1.54, 1.807) is 5.38 Å². The summed E-state index contributed by atoms with van der Waals surface area (Å²) >= 11 is 1.19. The average molecular weight is 396 g/mol. The van der Waals surface area contributed by atoms with Crippen LogP contribution < -0.4 is 5.56 Å². The molecule has 0 radical (unpaired) electrons. The van der Waals surface area contributed by atoms with Crippen molar-refractivity contribution in [2.45, 2.75) is 39.7 Å². The Morgan fingerprint density at radius 3 is 2.67 bits per heavy atom. The van der Waals surface area contributed by atoms with Gasteiger partial charge in [0.2, 0.25) is 0 Å². The van der Waals surface area contributed by atoms with Crippen molar-refractivity contribution < 1.29 is 23.8 Å². The zero-order chi connectivity index (χ0) is 19.6. The van der Waals surface area contributed by atoms with Crippen molar-refractivity contribution in [1.82, 2.24) is 9.55 Å². The zero-order valence-electron chi connectivity index (χ0n) is 15.6. The van der Waals surface area contributed by atoms with Gasteiger partial charge < -0.3 is 14.2 Å². The number of unbranched alkanes of at least 4 members (excludes halogenated alkanes) is 1. The minimum absolute atomic E-state index is 0.122. The molecule has 2 heterocycles. The first-order valence-corrected chi connectivity index (χ1v) is 9.83. The predicted octanol–water partition coefficient (Wildman–Crippen LogP) is 2.38. The van der Waals surface area contributed by atoms with E-state index in [0.29, 0.717) is 24.7 Å². The Labute approximate surface area is 161 Å². The van der Waals surface area contributed by atoms with Gasteiger partial charge in [-0.15, -0.1) is 11.3 Å². The average Bonchev–Trinajstić information content (AvgIpc) is 3.09. The summed E-state index contributed by atoms with van der Waals surface area (Å²) in [5.41, 5.74) is -0.290. The van der Waals surface area contributed by atoms with Crippen LogP contribution in [0.5, 0.6) is 0 Å². The molecule has 0 saturated carbocycles. The molecule has 9 heteroatoms. The van der Waals surface area contributed by atoms with Crippen molar-refractivity contribution >= 4 is 33.5 Å². The number of ether oxygens (including phenoxy) is 3. The Hall–Kier alpha value is -2.26. The SMILES string of the molecule is CCCCOC(=O)c1csc2ncn(CC(=O)OCCOCCC)c(=O)c12. The van der Waals surface area contributed by atoms with Crippen LogP contribution in [-0.2, 0) is 25.5 Å². The first kappa shape index (κ1) is 21.0. The number of fused-ring (bicyclic) bond motifs is 1. The summed E-state index contributed by atoms with van der Waals surface area (Å²) in [6.07, 6.45) is 3.82. The van der Waals surface area contributed by atoms with Crippen molar-refractivity contribution in [2.75, 3.05) is 26.4 Å². The largest absolute Gasteiger partial charge is 0.462 e. The molecule has 0 spiro atoms. The van der Waals surface area contributed by atoms with Gasteiger partial charge in [0.25, 0.3) is 5.56 Å². The fourth-order valence-corrected chi connectivity index (χ4v) is 3.13. The van der Waals surface area contributed by atoms with Gasteiger partial charge in [0, 0.05) is 12.0 Å². The standard InChI is InChI=1S/C18H24N2O6S/c1-3-5-7-26-18(23)13-11-27-16-15(13)17(22)20(12-19-16)10-14(21)25-9-8-24-6-4-2/h11-12H,3-10H2,1-2H3. The molecule has 0 aromatic carbocycles. The highest BCUT2D eigenvalue weighted by Gasteiger charge is 2.19. The van der Waals surface area contributed by atoms with Crippen LogP contribution >= 0.6 is 11.3 Å². The molecule has 2 aromatic rings. The predicted molar refractivity (Wildman–Crippen MR) is 101 cm³/mol. The molecule has 2 aromatic heterocycles. The molecule has 2 rings (SSSR count). The van der Waals surface area contributed by atoms with E-state index in [1.165, 1.54) is 17.7 Å². The highest BCUT2D eigenvalue weighted by molar-refractivity contribution is 7.17. The zero-order valence-corrected chi connectivity index (χ0v) is 16.4. The maximum atomic E-state index is 12.7. The van der Waals surface area contributed by atoms with Gasteiger partial charge in [-0.25, -0.2) is 9.78 Å². The second-order valence-corrected chi connectivity index (χ2v) is 6.69. The van der Waals surface area contributed by atoms with E-state index in [0.717, 1.165) is 23.8 Å². The van der Waals surface area contributed by atoms with E-state index < -0.39 is 17.5 Å². The summed E-state index contributed by atoms with van der Waals surface area (Å²) in [6, 6.07) is 0. The summed E-state index contributed by atoms with van der Waals surface area (Å²) in [5, 5.41) is 1.73. The van der Waals surface area contributed by atoms with Gasteiger partial charge in [0.05, 0.1) is 30.5 Å². The van der Waals surface area contributed by atoms with E-state index in [9.17, 15) is 14.4 Å². The monoisotopic (exact) mass is 396 g/mol. The van der Waals surface area contributed by atoms with Crippen molar-refractivity contribution in [3.63, 3.8) is 0 Å². The quantitative estimate of drug-likeness (QED) is 0.425. The van der Waals surface area contributed by atoms with E-state index in [2.05, 4.69) is 4.98 Å². The number of thiophene rings is 1. The Morgan fingerprint density at radius 2 is 1.93 bits per heavy atom. The Balaban J connectivity index is 2.07. The number of hydrogen-bond acceptors (Lipinski definition) is 8. The fourth-order valence-electron chi connectivity index (χ4n) is 2.26. The minimum Gasteiger partial charge on any atom is -0.462 e. The molecule has 0 aliphatic carbocycles. The number of carbonyl (C=O) groups is 2. The summed E-state index contributed by atoms with van der Waals surface area (Å²) in [6.45, 7) is 5.03. The Kier molecular flexibility index (Phi) is 8.41. The number of esters is 2. The topological polar surface area (TPSA) is 96.7 Å². The van der Waals surface area contributed by atoms with Gasteiger partial charge in [-0.3, -0.25) is 14.2 Å². The van der Waals surface area contributed by atoms with E-state index in [-0.39, 0.29) is 24.1 Å². The molecule has 0 unspecified atom stereocenters. The molecule has 0 atom stereocenters. The van der Waals surface area contributed by atoms with Crippen LogP contribution in [0.3, 0.4) is 0 Å². The lowest BCUT2D eigenvalue weighted by Crippen LogP contribution is -2.27. The molecule has 0 aliphatic heterocycles. The van der Waals surface area contributed by atoms with Crippen LogP contribution in [0.25, 0.3) is 10.2 Å². The lowest BCUT2D eigenvalue weighted by atomic mass is 10.2. The number of rotatable bonds is 11. The molecule has 0 N–H and O–H groups in total. The maximum Gasteiger partial charge on any atom is 0.339 e. The number of aromatic nitrogens is 2. The Morgan fingerprint density at radius 1 is 1.11 bits per heavy atom. The van der Waals surface area contributed by atoms with Crippen LogP contribution in [0, 0.1) is 0 Å². The molecule has 0 saturated heterocycles. The first-order valence-electron chi connectivity index (χ1n) is 8.95. The van der Waals surface area contributed by atoms with Gasteiger partial charge in [-0.05, 0) is 12.8 Å². The van der Waals surface area contributed by atoms with Crippen LogP contribution in [0.2, 0.25) is 0 Å². The lowest BCUT2D eigenvalue weighted by Gasteiger charge is -2.07. The normalized spacial score (nSPS) is 10.9.